The fourth-order valence-corrected chi connectivity index (χ4v) is 1.61. The smallest absolute Gasteiger partial charge is 0.272 e. The average Bonchev–Trinajstić information content (AvgIpc) is 2.30. The molecule has 0 fully saturated rings. The molecule has 0 radical (unpaired) electrons. The molecule has 0 saturated heterocycles. The second kappa shape index (κ2) is 3.88. The molecule has 1 aromatic heterocycles. The molecule has 0 aliphatic rings. The molecule has 0 atom stereocenters. The highest BCUT2D eigenvalue weighted by atomic mass is 127. The topological polar surface area (TPSA) is 46.9 Å². The Morgan fingerprint density at radius 3 is 2.92 bits per heavy atom. The van der Waals surface area contributed by atoms with Crippen molar-refractivity contribution in [2.24, 2.45) is 7.05 Å². The summed E-state index contributed by atoms with van der Waals surface area (Å²) in [6, 6.07) is 0. The normalized spacial score (nSPS) is 9.92. The fourth-order valence-electron chi connectivity index (χ4n) is 0.858. The monoisotopic (exact) mass is 279 g/mol. The van der Waals surface area contributed by atoms with E-state index in [2.05, 4.69) is 33.0 Å². The van der Waals surface area contributed by atoms with Gasteiger partial charge in [-0.2, -0.15) is 5.10 Å². The Morgan fingerprint density at radius 1 is 1.83 bits per heavy atom. The lowest BCUT2D eigenvalue weighted by Gasteiger charge is -1.97. The molecular formula is C7H10IN3O. The zero-order chi connectivity index (χ0) is 9.14. The van der Waals surface area contributed by atoms with Gasteiger partial charge in [-0.15, -0.1) is 0 Å². The number of carbonyl (C=O) groups excluding carboxylic acids is 1. The molecule has 66 valence electrons. The van der Waals surface area contributed by atoms with Crippen LogP contribution in [0.4, 0.5) is 0 Å². The minimum absolute atomic E-state index is 0.109. The van der Waals surface area contributed by atoms with Crippen molar-refractivity contribution in [3.8, 4) is 0 Å². The van der Waals surface area contributed by atoms with E-state index in [-0.39, 0.29) is 5.91 Å². The molecule has 0 bridgehead atoms. The van der Waals surface area contributed by atoms with E-state index >= 15 is 0 Å². The standard InChI is InChI=1S/C7H10IN3O/c1-3-9-7(12)6-5(8)4-11(2)10-6/h4H,3H2,1-2H3,(H,9,12). The van der Waals surface area contributed by atoms with Crippen molar-refractivity contribution in [1.82, 2.24) is 15.1 Å². The third-order valence-corrected chi connectivity index (χ3v) is 2.13. The van der Waals surface area contributed by atoms with E-state index in [0.717, 1.165) is 3.57 Å². The van der Waals surface area contributed by atoms with Gasteiger partial charge in [-0.25, -0.2) is 0 Å². The van der Waals surface area contributed by atoms with Crippen LogP contribution in [0.1, 0.15) is 17.4 Å². The largest absolute Gasteiger partial charge is 0.351 e. The second-order valence-corrected chi connectivity index (χ2v) is 3.52. The van der Waals surface area contributed by atoms with Gasteiger partial charge in [-0.1, -0.05) is 0 Å². The van der Waals surface area contributed by atoms with Crippen molar-refractivity contribution in [3.63, 3.8) is 0 Å². The molecule has 5 heteroatoms. The predicted molar refractivity (Wildman–Crippen MR) is 53.9 cm³/mol. The Hall–Kier alpha value is -0.590. The van der Waals surface area contributed by atoms with E-state index < -0.39 is 0 Å². The van der Waals surface area contributed by atoms with Gasteiger partial charge in [0.1, 0.15) is 0 Å². The van der Waals surface area contributed by atoms with E-state index in [1.807, 2.05) is 13.1 Å². The number of nitrogens with one attached hydrogen (secondary N) is 1. The van der Waals surface area contributed by atoms with Gasteiger partial charge in [0.05, 0.1) is 3.57 Å². The summed E-state index contributed by atoms with van der Waals surface area (Å²) in [5.74, 6) is -0.109. The summed E-state index contributed by atoms with van der Waals surface area (Å²) in [5, 5.41) is 6.72. The van der Waals surface area contributed by atoms with Crippen molar-refractivity contribution in [1.29, 1.82) is 0 Å². The van der Waals surface area contributed by atoms with Crippen molar-refractivity contribution in [3.05, 3.63) is 15.5 Å². The van der Waals surface area contributed by atoms with E-state index in [1.54, 1.807) is 11.7 Å². The van der Waals surface area contributed by atoms with E-state index in [9.17, 15) is 4.79 Å². The highest BCUT2D eigenvalue weighted by molar-refractivity contribution is 14.1. The fraction of sp³-hybridized carbons (Fsp3) is 0.429. The zero-order valence-corrected chi connectivity index (χ0v) is 9.12. The maximum Gasteiger partial charge on any atom is 0.272 e. The van der Waals surface area contributed by atoms with E-state index in [0.29, 0.717) is 12.2 Å². The first kappa shape index (κ1) is 9.50. The predicted octanol–water partition coefficient (Wildman–Crippen LogP) is 0.774. The summed E-state index contributed by atoms with van der Waals surface area (Å²) < 4.78 is 2.51. The van der Waals surface area contributed by atoms with E-state index in [1.165, 1.54) is 0 Å². The molecule has 1 N–H and O–H groups in total. The lowest BCUT2D eigenvalue weighted by molar-refractivity contribution is 0.0949. The Labute approximate surface area is 84.5 Å². The first-order valence-corrected chi connectivity index (χ1v) is 4.70. The van der Waals surface area contributed by atoms with Crippen LogP contribution in [0.2, 0.25) is 0 Å². The number of rotatable bonds is 2. The first-order chi connectivity index (χ1) is 5.65. The first-order valence-electron chi connectivity index (χ1n) is 3.62. The van der Waals surface area contributed by atoms with E-state index in [4.69, 9.17) is 0 Å². The Balaban J connectivity index is 2.87. The molecular weight excluding hydrogens is 269 g/mol. The quantitative estimate of drug-likeness (QED) is 0.813. The van der Waals surface area contributed by atoms with Crippen LogP contribution < -0.4 is 5.32 Å². The molecule has 0 spiro atoms. The number of carbonyl (C=O) groups is 1. The highest BCUT2D eigenvalue weighted by Crippen LogP contribution is 2.08. The average molecular weight is 279 g/mol. The second-order valence-electron chi connectivity index (χ2n) is 2.36. The van der Waals surface area contributed by atoms with Gasteiger partial charge in [0, 0.05) is 19.8 Å². The Morgan fingerprint density at radius 2 is 2.50 bits per heavy atom. The van der Waals surface area contributed by atoms with Crippen LogP contribution in [0.5, 0.6) is 0 Å². The minimum atomic E-state index is -0.109. The molecule has 4 nitrogen and oxygen atoms in total. The molecule has 0 aromatic carbocycles. The molecule has 0 saturated carbocycles. The van der Waals surface area contributed by atoms with Gasteiger partial charge in [0.2, 0.25) is 0 Å². The molecule has 1 aromatic rings. The number of aryl methyl sites for hydroxylation is 1. The summed E-state index contributed by atoms with van der Waals surface area (Å²) in [7, 11) is 1.80. The van der Waals surface area contributed by atoms with Crippen molar-refractivity contribution in [2.45, 2.75) is 6.92 Å². The lowest BCUT2D eigenvalue weighted by Crippen LogP contribution is -2.24. The molecule has 0 unspecified atom stereocenters. The van der Waals surface area contributed by atoms with Crippen molar-refractivity contribution >= 4 is 28.5 Å². The van der Waals surface area contributed by atoms with Gasteiger partial charge >= 0.3 is 0 Å². The number of hydrogen-bond donors (Lipinski definition) is 1. The van der Waals surface area contributed by atoms with Crippen LogP contribution in [-0.4, -0.2) is 22.2 Å². The molecule has 1 amide bonds. The van der Waals surface area contributed by atoms with Crippen LogP contribution in [0, 0.1) is 3.57 Å². The summed E-state index contributed by atoms with van der Waals surface area (Å²) in [6.07, 6.45) is 1.81. The van der Waals surface area contributed by atoms with Gasteiger partial charge in [-0.05, 0) is 29.5 Å². The Bertz CT molecular complexity index is 295. The molecule has 0 aliphatic heterocycles. The maximum atomic E-state index is 11.3. The third kappa shape index (κ3) is 1.96. The molecule has 1 heterocycles. The summed E-state index contributed by atoms with van der Waals surface area (Å²) >= 11 is 2.09. The Kier molecular flexibility index (Phi) is 3.07. The van der Waals surface area contributed by atoms with Crippen LogP contribution in [0.25, 0.3) is 0 Å². The van der Waals surface area contributed by atoms with Crippen molar-refractivity contribution in [2.75, 3.05) is 6.54 Å². The molecule has 12 heavy (non-hydrogen) atoms. The maximum absolute atomic E-state index is 11.3. The number of nitrogens with zero attached hydrogens (tertiary/aromatic N) is 2. The van der Waals surface area contributed by atoms with Crippen LogP contribution in [0.15, 0.2) is 6.20 Å². The summed E-state index contributed by atoms with van der Waals surface area (Å²) in [5.41, 5.74) is 0.500. The SMILES string of the molecule is CCNC(=O)c1nn(C)cc1I. The van der Waals surface area contributed by atoms with Gasteiger partial charge in [0.15, 0.2) is 5.69 Å². The van der Waals surface area contributed by atoms with Crippen LogP contribution >= 0.6 is 22.6 Å². The van der Waals surface area contributed by atoms with Gasteiger partial charge < -0.3 is 5.32 Å². The third-order valence-electron chi connectivity index (χ3n) is 1.34. The minimum Gasteiger partial charge on any atom is -0.351 e. The summed E-state index contributed by atoms with van der Waals surface area (Å²) in [4.78, 5) is 11.3. The molecule has 1 rings (SSSR count). The van der Waals surface area contributed by atoms with Crippen LogP contribution in [0.3, 0.4) is 0 Å². The van der Waals surface area contributed by atoms with Gasteiger partial charge in [0.25, 0.3) is 5.91 Å². The summed E-state index contributed by atoms with van der Waals surface area (Å²) in [6.45, 7) is 2.51. The number of amides is 1. The highest BCUT2D eigenvalue weighted by Gasteiger charge is 2.12. The number of halogens is 1. The number of aromatic nitrogens is 2. The number of hydrogen-bond acceptors (Lipinski definition) is 2. The lowest BCUT2D eigenvalue weighted by atomic mass is 10.4. The zero-order valence-electron chi connectivity index (χ0n) is 6.97. The molecule has 0 aliphatic carbocycles. The van der Waals surface area contributed by atoms with Gasteiger partial charge in [-0.3, -0.25) is 9.48 Å². The van der Waals surface area contributed by atoms with Crippen LogP contribution in [-0.2, 0) is 7.05 Å². The van der Waals surface area contributed by atoms with Crippen molar-refractivity contribution < 1.29 is 4.79 Å².